The summed E-state index contributed by atoms with van der Waals surface area (Å²) in [5.74, 6) is 0.224. The van der Waals surface area contributed by atoms with E-state index in [2.05, 4.69) is 4.98 Å². The van der Waals surface area contributed by atoms with Crippen molar-refractivity contribution in [3.63, 3.8) is 0 Å². The molecule has 0 radical (unpaired) electrons. The van der Waals surface area contributed by atoms with Crippen molar-refractivity contribution in [3.8, 4) is 0 Å². The van der Waals surface area contributed by atoms with Gasteiger partial charge >= 0.3 is 0 Å². The average molecular weight is 287 g/mol. The number of oxazole rings is 1. The van der Waals surface area contributed by atoms with Crippen molar-refractivity contribution >= 4 is 22.9 Å². The summed E-state index contributed by atoms with van der Waals surface area (Å²) >= 11 is 0. The molecule has 3 rings (SSSR count). The molecule has 1 saturated heterocycles. The van der Waals surface area contributed by atoms with Crippen LogP contribution in [0.3, 0.4) is 0 Å². The lowest BCUT2D eigenvalue weighted by molar-refractivity contribution is -0.149. The van der Waals surface area contributed by atoms with Crippen LogP contribution in [-0.4, -0.2) is 52.8 Å². The van der Waals surface area contributed by atoms with Crippen molar-refractivity contribution in [1.82, 2.24) is 14.8 Å². The number of piperazine rings is 1. The van der Waals surface area contributed by atoms with Gasteiger partial charge in [0.15, 0.2) is 5.58 Å². The number of rotatable bonds is 2. The Hall–Kier alpha value is -2.37. The van der Waals surface area contributed by atoms with Crippen LogP contribution in [0.1, 0.15) is 12.8 Å². The van der Waals surface area contributed by atoms with E-state index in [1.54, 1.807) is 23.8 Å². The molecule has 0 aliphatic carbocycles. The predicted octanol–water partition coefficient (Wildman–Crippen LogP) is 1.06. The summed E-state index contributed by atoms with van der Waals surface area (Å²) in [6.45, 7) is 2.85. The minimum Gasteiger partial charge on any atom is -0.440 e. The number of carbonyl (C=O) groups is 2. The summed E-state index contributed by atoms with van der Waals surface area (Å²) in [5.41, 5.74) is 1.41. The molecule has 110 valence electrons. The Balaban J connectivity index is 1.75. The van der Waals surface area contributed by atoms with Crippen LogP contribution in [0.4, 0.5) is 0 Å². The van der Waals surface area contributed by atoms with E-state index in [0.29, 0.717) is 24.6 Å². The van der Waals surface area contributed by atoms with Crippen molar-refractivity contribution in [2.24, 2.45) is 0 Å². The molecule has 0 saturated carbocycles. The molecule has 2 amide bonds. The van der Waals surface area contributed by atoms with E-state index >= 15 is 0 Å². The zero-order valence-corrected chi connectivity index (χ0v) is 12.1. The standard InChI is InChI=1S/C15H17N3O3/c1-10-15(20)17(2)7-8-18(10)14(19)9-13-16-11-5-3-4-6-12(11)21-13/h3-6,10H,7-9H2,1-2H3. The number of nitrogens with zero attached hydrogens (tertiary/aromatic N) is 3. The minimum atomic E-state index is -0.430. The number of hydrogen-bond donors (Lipinski definition) is 0. The lowest BCUT2D eigenvalue weighted by atomic mass is 10.1. The fourth-order valence-electron chi connectivity index (χ4n) is 2.58. The topological polar surface area (TPSA) is 66.7 Å². The summed E-state index contributed by atoms with van der Waals surface area (Å²) in [4.78, 5) is 31.8. The normalized spacial score (nSPS) is 19.3. The van der Waals surface area contributed by atoms with E-state index in [4.69, 9.17) is 4.42 Å². The Bertz CT molecular complexity index is 661. The van der Waals surface area contributed by atoms with E-state index in [-0.39, 0.29) is 18.2 Å². The maximum absolute atomic E-state index is 12.4. The third-order valence-electron chi connectivity index (χ3n) is 3.84. The van der Waals surface area contributed by atoms with Crippen LogP contribution in [0.15, 0.2) is 28.7 Å². The second kappa shape index (κ2) is 5.20. The summed E-state index contributed by atoms with van der Waals surface area (Å²) < 4.78 is 5.56. The first kappa shape index (κ1) is 13.6. The maximum Gasteiger partial charge on any atom is 0.244 e. The predicted molar refractivity (Wildman–Crippen MR) is 76.5 cm³/mol. The van der Waals surface area contributed by atoms with Crippen LogP contribution in [0, 0.1) is 0 Å². The SMILES string of the molecule is CC1C(=O)N(C)CCN1C(=O)Cc1nc2ccccc2o1. The molecular weight excluding hydrogens is 270 g/mol. The largest absolute Gasteiger partial charge is 0.440 e. The van der Waals surface area contributed by atoms with Gasteiger partial charge in [-0.3, -0.25) is 9.59 Å². The highest BCUT2D eigenvalue weighted by Crippen LogP contribution is 2.17. The van der Waals surface area contributed by atoms with Crippen LogP contribution in [-0.2, 0) is 16.0 Å². The van der Waals surface area contributed by atoms with E-state index in [9.17, 15) is 9.59 Å². The fraction of sp³-hybridized carbons (Fsp3) is 0.400. The van der Waals surface area contributed by atoms with Crippen molar-refractivity contribution in [2.75, 3.05) is 20.1 Å². The third kappa shape index (κ3) is 2.49. The molecule has 6 heteroatoms. The van der Waals surface area contributed by atoms with Crippen LogP contribution < -0.4 is 0 Å². The highest BCUT2D eigenvalue weighted by Gasteiger charge is 2.32. The van der Waals surface area contributed by atoms with Gasteiger partial charge < -0.3 is 14.2 Å². The number of hydrogen-bond acceptors (Lipinski definition) is 4. The van der Waals surface area contributed by atoms with Crippen LogP contribution in [0.2, 0.25) is 0 Å². The quantitative estimate of drug-likeness (QED) is 0.828. The first-order valence-electron chi connectivity index (χ1n) is 6.95. The molecule has 1 aliphatic rings. The van der Waals surface area contributed by atoms with E-state index in [0.717, 1.165) is 5.52 Å². The Morgan fingerprint density at radius 1 is 1.38 bits per heavy atom. The molecule has 1 atom stereocenters. The first-order valence-corrected chi connectivity index (χ1v) is 6.95. The minimum absolute atomic E-state index is 0.0350. The molecule has 1 aromatic heterocycles. The van der Waals surface area contributed by atoms with Crippen LogP contribution in [0.25, 0.3) is 11.1 Å². The van der Waals surface area contributed by atoms with Gasteiger partial charge in [-0.25, -0.2) is 4.98 Å². The second-order valence-corrected chi connectivity index (χ2v) is 5.28. The van der Waals surface area contributed by atoms with Gasteiger partial charge in [-0.2, -0.15) is 0 Å². The summed E-state index contributed by atoms with van der Waals surface area (Å²) in [7, 11) is 1.75. The maximum atomic E-state index is 12.4. The Morgan fingerprint density at radius 3 is 2.90 bits per heavy atom. The van der Waals surface area contributed by atoms with Crippen LogP contribution in [0.5, 0.6) is 0 Å². The lowest BCUT2D eigenvalue weighted by Crippen LogP contribution is -2.56. The molecule has 6 nitrogen and oxygen atoms in total. The van der Waals surface area contributed by atoms with Gasteiger partial charge in [-0.15, -0.1) is 0 Å². The zero-order valence-electron chi connectivity index (χ0n) is 12.1. The van der Waals surface area contributed by atoms with E-state index < -0.39 is 6.04 Å². The highest BCUT2D eigenvalue weighted by molar-refractivity contribution is 5.89. The second-order valence-electron chi connectivity index (χ2n) is 5.28. The van der Waals surface area contributed by atoms with E-state index in [1.165, 1.54) is 0 Å². The van der Waals surface area contributed by atoms with Gasteiger partial charge in [0.1, 0.15) is 18.0 Å². The molecule has 2 heterocycles. The molecule has 0 bridgehead atoms. The molecule has 0 spiro atoms. The van der Waals surface area contributed by atoms with Crippen molar-refractivity contribution in [3.05, 3.63) is 30.2 Å². The molecular formula is C15H17N3O3. The monoisotopic (exact) mass is 287 g/mol. The molecule has 2 aromatic rings. The zero-order chi connectivity index (χ0) is 15.0. The average Bonchev–Trinajstić information content (AvgIpc) is 2.86. The molecule has 21 heavy (non-hydrogen) atoms. The molecule has 0 N–H and O–H groups in total. The van der Waals surface area contributed by atoms with Crippen molar-refractivity contribution in [2.45, 2.75) is 19.4 Å². The van der Waals surface area contributed by atoms with Gasteiger partial charge in [0.2, 0.25) is 17.7 Å². The molecule has 1 aromatic carbocycles. The Labute approximate surface area is 122 Å². The smallest absolute Gasteiger partial charge is 0.244 e. The number of amides is 2. The number of benzene rings is 1. The Kier molecular flexibility index (Phi) is 3.37. The number of fused-ring (bicyclic) bond motifs is 1. The Morgan fingerprint density at radius 2 is 2.14 bits per heavy atom. The van der Waals surface area contributed by atoms with Crippen molar-refractivity contribution < 1.29 is 14.0 Å². The summed E-state index contributed by atoms with van der Waals surface area (Å²) in [5, 5.41) is 0. The van der Waals surface area contributed by atoms with Gasteiger partial charge in [0, 0.05) is 20.1 Å². The summed E-state index contributed by atoms with van der Waals surface area (Å²) in [6.07, 6.45) is 0.0794. The van der Waals surface area contributed by atoms with Gasteiger partial charge in [-0.05, 0) is 19.1 Å². The number of carbonyl (C=O) groups excluding carboxylic acids is 2. The summed E-state index contributed by atoms with van der Waals surface area (Å²) in [6, 6.07) is 6.96. The number of para-hydroxylation sites is 2. The highest BCUT2D eigenvalue weighted by atomic mass is 16.3. The lowest BCUT2D eigenvalue weighted by Gasteiger charge is -2.37. The number of likely N-dealkylation sites (N-methyl/N-ethyl adjacent to an activating group) is 1. The third-order valence-corrected chi connectivity index (χ3v) is 3.84. The van der Waals surface area contributed by atoms with E-state index in [1.807, 2.05) is 24.3 Å². The van der Waals surface area contributed by atoms with Crippen molar-refractivity contribution in [1.29, 1.82) is 0 Å². The van der Waals surface area contributed by atoms with Gasteiger partial charge in [0.25, 0.3) is 0 Å². The van der Waals surface area contributed by atoms with Gasteiger partial charge in [0.05, 0.1) is 0 Å². The van der Waals surface area contributed by atoms with Gasteiger partial charge in [-0.1, -0.05) is 12.1 Å². The fourth-order valence-corrected chi connectivity index (χ4v) is 2.58. The molecule has 1 aliphatic heterocycles. The van der Waals surface area contributed by atoms with Crippen LogP contribution >= 0.6 is 0 Å². The number of aromatic nitrogens is 1. The molecule has 1 unspecified atom stereocenters. The molecule has 1 fully saturated rings. The first-order chi connectivity index (χ1) is 10.1.